The number of rotatable bonds is 32. The van der Waals surface area contributed by atoms with Crippen molar-refractivity contribution in [1.82, 2.24) is 26.4 Å². The number of unbranched alkanes of at least 4 members (excludes halogenated alkanes) is 16. The van der Waals surface area contributed by atoms with Gasteiger partial charge in [0.15, 0.2) is 0 Å². The first-order chi connectivity index (χ1) is 19.6. The number of amides is 2. The molecule has 0 radical (unpaired) electrons. The third kappa shape index (κ3) is 28.3. The Morgan fingerprint density at radius 2 is 1.00 bits per heavy atom. The Bertz CT molecular complexity index is 553. The zero-order valence-corrected chi connectivity index (χ0v) is 26.1. The number of hydrogen-bond acceptors (Lipinski definition) is 7. The Morgan fingerprint density at radius 1 is 0.575 bits per heavy atom. The number of nitrogens with one attached hydrogen (secondary N) is 4. The van der Waals surface area contributed by atoms with Crippen LogP contribution in [-0.2, 0) is 4.79 Å². The van der Waals surface area contributed by atoms with E-state index >= 15 is 0 Å². The number of nitrogens with two attached hydrogens (primary N) is 1. The fourth-order valence-electron chi connectivity index (χ4n) is 4.75. The number of carbonyl (C=O) groups is 2. The molecule has 0 rings (SSSR count). The topological polar surface area (TPSA) is 132 Å². The number of hydrazine groups is 1. The molecular formula is C31H66N6O3. The van der Waals surface area contributed by atoms with Crippen LogP contribution in [-0.4, -0.2) is 74.4 Å². The van der Waals surface area contributed by atoms with Crippen LogP contribution in [0.25, 0.3) is 0 Å². The predicted molar refractivity (Wildman–Crippen MR) is 169 cm³/mol. The molecule has 0 heterocycles. The van der Waals surface area contributed by atoms with E-state index in [2.05, 4.69) is 28.4 Å². The second-order valence-electron chi connectivity index (χ2n) is 11.1. The molecule has 0 aromatic rings. The van der Waals surface area contributed by atoms with Crippen molar-refractivity contribution in [2.24, 2.45) is 5.73 Å². The van der Waals surface area contributed by atoms with Gasteiger partial charge < -0.3 is 21.5 Å². The zero-order valence-electron chi connectivity index (χ0n) is 26.1. The molecule has 0 aliphatic heterocycles. The Morgan fingerprint density at radius 3 is 1.48 bits per heavy atom. The Kier molecular flexibility index (Phi) is 31.2. The normalized spacial score (nSPS) is 11.2. The first-order valence-corrected chi connectivity index (χ1v) is 16.7. The van der Waals surface area contributed by atoms with Gasteiger partial charge in [-0.05, 0) is 64.8 Å². The van der Waals surface area contributed by atoms with Crippen LogP contribution in [0.2, 0.25) is 0 Å². The molecule has 9 heteroatoms. The third-order valence-corrected chi connectivity index (χ3v) is 7.30. The molecule has 2 amide bonds. The third-order valence-electron chi connectivity index (χ3n) is 7.30. The van der Waals surface area contributed by atoms with E-state index in [0.717, 1.165) is 63.3 Å². The summed E-state index contributed by atoms with van der Waals surface area (Å²) < 4.78 is 0. The van der Waals surface area contributed by atoms with E-state index < -0.39 is 12.0 Å². The number of nitrogens with zero attached hydrogens (tertiary/aromatic N) is 1. The Hall–Kier alpha value is -1.26. The van der Waals surface area contributed by atoms with E-state index in [1.165, 1.54) is 96.3 Å². The van der Waals surface area contributed by atoms with Crippen LogP contribution in [0.4, 0.5) is 4.79 Å². The van der Waals surface area contributed by atoms with Gasteiger partial charge in [-0.1, -0.05) is 103 Å². The highest BCUT2D eigenvalue weighted by Crippen LogP contribution is 2.13. The van der Waals surface area contributed by atoms with Gasteiger partial charge in [0, 0.05) is 13.1 Å². The van der Waals surface area contributed by atoms with Crippen LogP contribution in [0, 0.1) is 0 Å². The molecule has 0 bridgehead atoms. The molecule has 40 heavy (non-hydrogen) atoms. The van der Waals surface area contributed by atoms with Gasteiger partial charge >= 0.3 is 6.09 Å². The summed E-state index contributed by atoms with van der Waals surface area (Å²) in [7, 11) is 0. The summed E-state index contributed by atoms with van der Waals surface area (Å²) in [5.74, 6) is -0.421. The molecule has 0 spiro atoms. The maximum atomic E-state index is 12.3. The van der Waals surface area contributed by atoms with Crippen LogP contribution in [0.3, 0.4) is 0 Å². The summed E-state index contributed by atoms with van der Waals surface area (Å²) in [6.45, 7) is 7.51. The minimum Gasteiger partial charge on any atom is -0.465 e. The van der Waals surface area contributed by atoms with Gasteiger partial charge in [-0.3, -0.25) is 10.2 Å². The van der Waals surface area contributed by atoms with Gasteiger partial charge in [0.05, 0.1) is 6.54 Å². The average molecular weight is 571 g/mol. The summed E-state index contributed by atoms with van der Waals surface area (Å²) in [6, 6.07) is 0. The lowest BCUT2D eigenvalue weighted by molar-refractivity contribution is -0.128. The molecular weight excluding hydrogens is 504 g/mol. The molecule has 0 aromatic carbocycles. The van der Waals surface area contributed by atoms with Crippen LogP contribution in [0.1, 0.15) is 135 Å². The van der Waals surface area contributed by atoms with Crippen molar-refractivity contribution in [2.45, 2.75) is 135 Å². The lowest BCUT2D eigenvalue weighted by Gasteiger charge is -2.18. The van der Waals surface area contributed by atoms with Crippen LogP contribution >= 0.6 is 0 Å². The van der Waals surface area contributed by atoms with Crippen molar-refractivity contribution < 1.29 is 14.7 Å². The molecule has 0 atom stereocenters. The first-order valence-electron chi connectivity index (χ1n) is 16.7. The van der Waals surface area contributed by atoms with Crippen molar-refractivity contribution in [3.05, 3.63) is 0 Å². The molecule has 238 valence electrons. The van der Waals surface area contributed by atoms with Crippen molar-refractivity contribution in [2.75, 3.05) is 52.4 Å². The maximum absolute atomic E-state index is 12.3. The lowest BCUT2D eigenvalue weighted by atomic mass is 10.0. The van der Waals surface area contributed by atoms with Crippen molar-refractivity contribution in [3.8, 4) is 0 Å². The second kappa shape index (κ2) is 32.3. The van der Waals surface area contributed by atoms with Gasteiger partial charge in [0.25, 0.3) is 0 Å². The maximum Gasteiger partial charge on any atom is 0.414 e. The van der Waals surface area contributed by atoms with Gasteiger partial charge in [0.2, 0.25) is 5.91 Å². The highest BCUT2D eigenvalue weighted by Gasteiger charge is 2.19. The number of carbonyl (C=O) groups excluding carboxylic acids is 1. The highest BCUT2D eigenvalue weighted by atomic mass is 16.4. The Labute approximate surface area is 246 Å². The number of carboxylic acid groups (broad SMARTS) is 1. The van der Waals surface area contributed by atoms with Gasteiger partial charge in [-0.2, -0.15) is 0 Å². The van der Waals surface area contributed by atoms with Crippen LogP contribution in [0.5, 0.6) is 0 Å². The van der Waals surface area contributed by atoms with E-state index in [1.54, 1.807) is 0 Å². The minimum atomic E-state index is -1.19. The molecule has 0 fully saturated rings. The standard InChI is InChI=1S/C31H66N6O3/c1-2-3-4-5-6-7-8-9-10-11-12-13-14-15-16-17-27-35-36-29-30(38)37(31(39)40)28-21-26-34-24-19-18-23-33-25-20-22-32/h33-36H,2-29,32H2,1H3,(H,39,40). The fraction of sp³-hybridized carbons (Fsp3) is 0.935. The second-order valence-corrected chi connectivity index (χ2v) is 11.1. The quantitative estimate of drug-likeness (QED) is 0.0459. The molecule has 0 aliphatic rings. The zero-order chi connectivity index (χ0) is 29.4. The van der Waals surface area contributed by atoms with E-state index in [9.17, 15) is 14.7 Å². The molecule has 0 saturated carbocycles. The summed E-state index contributed by atoms with van der Waals surface area (Å²) in [5, 5.41) is 16.1. The molecule has 0 aliphatic carbocycles. The highest BCUT2D eigenvalue weighted by molar-refractivity contribution is 5.92. The molecule has 7 N–H and O–H groups in total. The summed E-state index contributed by atoms with van der Waals surface area (Å²) >= 11 is 0. The van der Waals surface area contributed by atoms with Crippen LogP contribution < -0.4 is 27.2 Å². The average Bonchev–Trinajstić information content (AvgIpc) is 2.94. The molecule has 0 aromatic heterocycles. The van der Waals surface area contributed by atoms with Gasteiger partial charge in [-0.25, -0.2) is 15.1 Å². The predicted octanol–water partition coefficient (Wildman–Crippen LogP) is 5.55. The molecule has 9 nitrogen and oxygen atoms in total. The van der Waals surface area contributed by atoms with Crippen LogP contribution in [0.15, 0.2) is 0 Å². The van der Waals surface area contributed by atoms with Crippen molar-refractivity contribution >= 4 is 12.0 Å². The summed E-state index contributed by atoms with van der Waals surface area (Å²) in [4.78, 5) is 24.7. The fourth-order valence-corrected chi connectivity index (χ4v) is 4.75. The van der Waals surface area contributed by atoms with E-state index in [0.29, 0.717) is 13.0 Å². The van der Waals surface area contributed by atoms with Crippen molar-refractivity contribution in [3.63, 3.8) is 0 Å². The van der Waals surface area contributed by atoms with Gasteiger partial charge in [0.1, 0.15) is 0 Å². The van der Waals surface area contributed by atoms with Crippen molar-refractivity contribution in [1.29, 1.82) is 0 Å². The largest absolute Gasteiger partial charge is 0.465 e. The first kappa shape index (κ1) is 38.7. The summed E-state index contributed by atoms with van der Waals surface area (Å²) in [5.41, 5.74) is 11.4. The monoisotopic (exact) mass is 571 g/mol. The summed E-state index contributed by atoms with van der Waals surface area (Å²) in [6.07, 6.45) is 24.1. The molecule has 0 unspecified atom stereocenters. The van der Waals surface area contributed by atoms with E-state index in [-0.39, 0.29) is 13.1 Å². The Balaban J connectivity index is 3.48. The number of hydrogen-bond donors (Lipinski definition) is 6. The van der Waals surface area contributed by atoms with E-state index in [1.807, 2.05) is 0 Å². The lowest BCUT2D eigenvalue weighted by Crippen LogP contribution is -2.46. The van der Waals surface area contributed by atoms with Gasteiger partial charge in [-0.15, -0.1) is 0 Å². The van der Waals surface area contributed by atoms with E-state index in [4.69, 9.17) is 5.73 Å². The number of imide groups is 1. The minimum absolute atomic E-state index is 0.0181. The smallest absolute Gasteiger partial charge is 0.414 e. The SMILES string of the molecule is CCCCCCCCCCCCCCCCCCNNCC(=O)N(CCCNCCCCNCCCN)C(=O)O. The molecule has 0 saturated heterocycles.